The molecule has 1 aromatic heterocycles. The van der Waals surface area contributed by atoms with Crippen molar-refractivity contribution in [3.05, 3.63) is 73.8 Å². The van der Waals surface area contributed by atoms with Crippen LogP contribution in [0.25, 0.3) is 0 Å². The Labute approximate surface area is 188 Å². The van der Waals surface area contributed by atoms with Gasteiger partial charge in [-0.3, -0.25) is 10.1 Å². The van der Waals surface area contributed by atoms with E-state index >= 15 is 0 Å². The van der Waals surface area contributed by atoms with Crippen molar-refractivity contribution in [2.45, 2.75) is 6.54 Å². The standard InChI is InChI=1S/C19H18Cl2N8O2/c1-28(2)19-25-17(22-10-12-6-4-3-5-7-12)24-18(26-19)27-23-11-13-8-16(29(30)31)15(21)9-14(13)20/h3-9,11H,10H2,1-2H3,(H2,22,24,25,26,27)/b23-11-. The molecule has 0 saturated carbocycles. The molecule has 0 saturated heterocycles. The molecule has 12 heteroatoms. The minimum Gasteiger partial charge on any atom is -0.350 e. The Morgan fingerprint density at radius 2 is 1.81 bits per heavy atom. The third kappa shape index (κ3) is 6.00. The fraction of sp³-hybridized carbons (Fsp3) is 0.158. The molecular formula is C19H18Cl2N8O2. The van der Waals surface area contributed by atoms with E-state index in [1.165, 1.54) is 18.3 Å². The van der Waals surface area contributed by atoms with Crippen LogP contribution in [-0.2, 0) is 6.54 Å². The molecule has 0 radical (unpaired) electrons. The van der Waals surface area contributed by atoms with Crippen molar-refractivity contribution >= 4 is 52.9 Å². The Hall–Kier alpha value is -3.50. The first kappa shape index (κ1) is 22.2. The average molecular weight is 461 g/mol. The van der Waals surface area contributed by atoms with Gasteiger partial charge in [0, 0.05) is 32.3 Å². The van der Waals surface area contributed by atoms with E-state index in [0.29, 0.717) is 24.0 Å². The number of nitrogens with zero attached hydrogens (tertiary/aromatic N) is 6. The van der Waals surface area contributed by atoms with Crippen LogP contribution in [0.3, 0.4) is 0 Å². The number of aromatic nitrogens is 3. The highest BCUT2D eigenvalue weighted by atomic mass is 35.5. The van der Waals surface area contributed by atoms with Crippen LogP contribution >= 0.6 is 23.2 Å². The average Bonchev–Trinajstić information content (AvgIpc) is 2.74. The topological polar surface area (TPSA) is 121 Å². The number of rotatable bonds is 8. The van der Waals surface area contributed by atoms with Crippen LogP contribution in [0.2, 0.25) is 10.0 Å². The predicted octanol–water partition coefficient (Wildman–Crippen LogP) is 4.21. The van der Waals surface area contributed by atoms with Gasteiger partial charge < -0.3 is 10.2 Å². The first-order chi connectivity index (χ1) is 14.8. The maximum absolute atomic E-state index is 11.1. The van der Waals surface area contributed by atoms with Crippen molar-refractivity contribution in [3.8, 4) is 0 Å². The van der Waals surface area contributed by atoms with Gasteiger partial charge in [0.15, 0.2) is 0 Å². The first-order valence-electron chi connectivity index (χ1n) is 8.97. The van der Waals surface area contributed by atoms with Gasteiger partial charge in [-0.2, -0.15) is 20.1 Å². The van der Waals surface area contributed by atoms with E-state index in [1.807, 2.05) is 30.3 Å². The Morgan fingerprint density at radius 1 is 1.10 bits per heavy atom. The Bertz CT molecular complexity index is 1110. The smallest absolute Gasteiger partial charge is 0.288 e. The summed E-state index contributed by atoms with van der Waals surface area (Å²) < 4.78 is 0. The quantitative estimate of drug-likeness (QED) is 0.291. The predicted molar refractivity (Wildman–Crippen MR) is 122 cm³/mol. The monoisotopic (exact) mass is 460 g/mol. The summed E-state index contributed by atoms with van der Waals surface area (Å²) in [6.45, 7) is 0.532. The number of halogens is 2. The molecular weight excluding hydrogens is 443 g/mol. The molecule has 10 nitrogen and oxygen atoms in total. The molecule has 160 valence electrons. The van der Waals surface area contributed by atoms with Gasteiger partial charge in [0.1, 0.15) is 5.02 Å². The summed E-state index contributed by atoms with van der Waals surface area (Å²) in [6.07, 6.45) is 1.32. The van der Waals surface area contributed by atoms with Crippen molar-refractivity contribution in [2.24, 2.45) is 5.10 Å². The largest absolute Gasteiger partial charge is 0.350 e. The van der Waals surface area contributed by atoms with Crippen molar-refractivity contribution in [3.63, 3.8) is 0 Å². The van der Waals surface area contributed by atoms with E-state index in [2.05, 4.69) is 30.8 Å². The second-order valence-corrected chi connectivity index (χ2v) is 7.28. The summed E-state index contributed by atoms with van der Waals surface area (Å²) in [4.78, 5) is 25.1. The summed E-state index contributed by atoms with van der Waals surface area (Å²) in [5.41, 5.74) is 3.81. The van der Waals surface area contributed by atoms with Gasteiger partial charge in [0.2, 0.25) is 17.8 Å². The van der Waals surface area contributed by atoms with Crippen LogP contribution in [0.4, 0.5) is 23.5 Å². The molecule has 0 amide bonds. The summed E-state index contributed by atoms with van der Waals surface area (Å²) in [7, 11) is 3.60. The zero-order valence-electron chi connectivity index (χ0n) is 16.6. The Morgan fingerprint density at radius 3 is 2.48 bits per heavy atom. The number of nitro benzene ring substituents is 1. The zero-order valence-corrected chi connectivity index (χ0v) is 18.1. The number of hydrogen-bond acceptors (Lipinski definition) is 9. The SMILES string of the molecule is CN(C)c1nc(NCc2ccccc2)nc(N/N=C\c2cc([N+](=O)[O-])c(Cl)cc2Cl)n1. The molecule has 31 heavy (non-hydrogen) atoms. The van der Waals surface area contributed by atoms with Gasteiger partial charge >= 0.3 is 0 Å². The highest BCUT2D eigenvalue weighted by molar-refractivity contribution is 6.37. The highest BCUT2D eigenvalue weighted by Gasteiger charge is 2.15. The van der Waals surface area contributed by atoms with Crippen LogP contribution in [0.1, 0.15) is 11.1 Å². The molecule has 0 spiro atoms. The number of benzene rings is 2. The van der Waals surface area contributed by atoms with E-state index in [9.17, 15) is 10.1 Å². The fourth-order valence-corrected chi connectivity index (χ4v) is 2.92. The van der Waals surface area contributed by atoms with E-state index in [0.717, 1.165) is 5.56 Å². The maximum atomic E-state index is 11.1. The molecule has 2 N–H and O–H groups in total. The number of nitro groups is 1. The lowest BCUT2D eigenvalue weighted by Crippen LogP contribution is -2.16. The number of hydrogen-bond donors (Lipinski definition) is 2. The van der Waals surface area contributed by atoms with Crippen LogP contribution in [0.5, 0.6) is 0 Å². The maximum Gasteiger partial charge on any atom is 0.288 e. The lowest BCUT2D eigenvalue weighted by atomic mass is 10.2. The van der Waals surface area contributed by atoms with Crippen molar-refractivity contribution in [2.75, 3.05) is 29.7 Å². The molecule has 1 heterocycles. The molecule has 0 aliphatic rings. The zero-order chi connectivity index (χ0) is 22.4. The van der Waals surface area contributed by atoms with Crippen LogP contribution < -0.4 is 15.6 Å². The number of nitrogens with one attached hydrogen (secondary N) is 2. The van der Waals surface area contributed by atoms with Gasteiger partial charge in [-0.25, -0.2) is 5.43 Å². The van der Waals surface area contributed by atoms with Crippen LogP contribution in [-0.4, -0.2) is 40.2 Å². The summed E-state index contributed by atoms with van der Waals surface area (Å²) >= 11 is 11.9. The second-order valence-electron chi connectivity index (χ2n) is 6.47. The lowest BCUT2D eigenvalue weighted by molar-refractivity contribution is -0.384. The molecule has 3 rings (SSSR count). The molecule has 0 bridgehead atoms. The highest BCUT2D eigenvalue weighted by Crippen LogP contribution is 2.30. The molecule has 0 atom stereocenters. The molecule has 0 fully saturated rings. The molecule has 2 aromatic carbocycles. The van der Waals surface area contributed by atoms with Gasteiger partial charge in [-0.1, -0.05) is 53.5 Å². The van der Waals surface area contributed by atoms with E-state index in [1.54, 1.807) is 19.0 Å². The van der Waals surface area contributed by atoms with Crippen molar-refractivity contribution in [1.29, 1.82) is 0 Å². The third-order valence-electron chi connectivity index (χ3n) is 3.95. The van der Waals surface area contributed by atoms with E-state index in [4.69, 9.17) is 23.2 Å². The van der Waals surface area contributed by atoms with Crippen LogP contribution in [0, 0.1) is 10.1 Å². The van der Waals surface area contributed by atoms with E-state index < -0.39 is 4.92 Å². The molecule has 3 aromatic rings. The summed E-state index contributed by atoms with van der Waals surface area (Å²) in [5, 5.41) is 18.4. The molecule has 0 aliphatic carbocycles. The fourth-order valence-electron chi connectivity index (χ4n) is 2.42. The van der Waals surface area contributed by atoms with Crippen molar-refractivity contribution in [1.82, 2.24) is 15.0 Å². The molecule has 0 aliphatic heterocycles. The van der Waals surface area contributed by atoms with Gasteiger partial charge in [-0.05, 0) is 11.6 Å². The Balaban J connectivity index is 1.78. The number of hydrazone groups is 1. The number of anilines is 3. The molecule has 0 unspecified atom stereocenters. The van der Waals surface area contributed by atoms with Crippen LogP contribution in [0.15, 0.2) is 47.6 Å². The van der Waals surface area contributed by atoms with Gasteiger partial charge in [0.05, 0.1) is 16.2 Å². The first-order valence-corrected chi connectivity index (χ1v) is 9.73. The summed E-state index contributed by atoms with van der Waals surface area (Å²) in [5.74, 6) is 0.967. The summed E-state index contributed by atoms with van der Waals surface area (Å²) in [6, 6.07) is 12.3. The lowest BCUT2D eigenvalue weighted by Gasteiger charge is -2.13. The minimum atomic E-state index is -0.594. The van der Waals surface area contributed by atoms with E-state index in [-0.39, 0.29) is 21.7 Å². The van der Waals surface area contributed by atoms with Crippen molar-refractivity contribution < 1.29 is 4.92 Å². The van der Waals surface area contributed by atoms with Gasteiger partial charge in [0.25, 0.3) is 5.69 Å². The normalized spacial score (nSPS) is 10.8. The second kappa shape index (κ2) is 10.0. The Kier molecular flexibility index (Phi) is 7.16. The minimum absolute atomic E-state index is 0.0534. The van der Waals surface area contributed by atoms with Gasteiger partial charge in [-0.15, -0.1) is 0 Å². The third-order valence-corrected chi connectivity index (χ3v) is 4.58.